The molecule has 1 aromatic carbocycles. The minimum atomic E-state index is -0.206. The Hall–Kier alpha value is -2.67. The number of nitrogens with zero attached hydrogens (tertiary/aromatic N) is 2. The first-order chi connectivity index (χ1) is 11.7. The predicted molar refractivity (Wildman–Crippen MR) is 93.6 cm³/mol. The molecule has 0 spiro atoms. The number of thiophene rings is 1. The summed E-state index contributed by atoms with van der Waals surface area (Å²) in [6.45, 7) is 0.480. The maximum atomic E-state index is 12.2. The van der Waals surface area contributed by atoms with E-state index in [4.69, 9.17) is 4.74 Å². The van der Waals surface area contributed by atoms with Crippen molar-refractivity contribution in [2.75, 3.05) is 13.7 Å². The van der Waals surface area contributed by atoms with Gasteiger partial charge in [0.2, 0.25) is 5.91 Å². The number of hydrogen-bond acceptors (Lipinski definition) is 5. The van der Waals surface area contributed by atoms with E-state index in [1.807, 2.05) is 29.6 Å². The van der Waals surface area contributed by atoms with E-state index in [-0.39, 0.29) is 18.0 Å². The van der Waals surface area contributed by atoms with E-state index in [0.29, 0.717) is 23.2 Å². The van der Waals surface area contributed by atoms with Gasteiger partial charge in [-0.2, -0.15) is 0 Å². The van der Waals surface area contributed by atoms with Gasteiger partial charge in [-0.1, -0.05) is 12.1 Å². The molecule has 0 bridgehead atoms. The molecule has 3 rings (SSSR count). The van der Waals surface area contributed by atoms with Crippen molar-refractivity contribution in [3.63, 3.8) is 0 Å². The van der Waals surface area contributed by atoms with Crippen LogP contribution in [0.15, 0.2) is 46.8 Å². The number of benzene rings is 1. The molecule has 0 aliphatic heterocycles. The van der Waals surface area contributed by atoms with E-state index in [0.717, 1.165) is 11.3 Å². The number of carbonyl (C=O) groups is 1. The Morgan fingerprint density at radius 2 is 2.08 bits per heavy atom. The van der Waals surface area contributed by atoms with Crippen molar-refractivity contribution in [3.8, 4) is 5.75 Å². The number of ether oxygens (including phenoxy) is 1. The molecular formula is C17H17N3O3S. The lowest BCUT2D eigenvalue weighted by atomic mass is 10.1. The molecule has 124 valence electrons. The highest BCUT2D eigenvalue weighted by molar-refractivity contribution is 7.16. The Morgan fingerprint density at radius 3 is 2.83 bits per heavy atom. The standard InChI is InChI=1S/C17H17N3O3S/c1-23-13-4-2-12(3-5-13)6-8-18-15(21)10-20-11-19-16-14(17(20)22)7-9-24-16/h2-5,7,9,11H,6,8,10H2,1H3,(H,18,21). The van der Waals surface area contributed by atoms with Crippen molar-refractivity contribution in [3.05, 3.63) is 58.0 Å². The van der Waals surface area contributed by atoms with Crippen molar-refractivity contribution in [2.24, 2.45) is 0 Å². The van der Waals surface area contributed by atoms with Crippen molar-refractivity contribution < 1.29 is 9.53 Å². The molecule has 0 unspecified atom stereocenters. The normalized spacial score (nSPS) is 10.7. The summed E-state index contributed by atoms with van der Waals surface area (Å²) in [7, 11) is 1.62. The first kappa shape index (κ1) is 16.2. The maximum absolute atomic E-state index is 12.2. The Balaban J connectivity index is 1.54. The second kappa shape index (κ2) is 7.27. The van der Waals surface area contributed by atoms with Gasteiger partial charge in [0.25, 0.3) is 5.56 Å². The summed E-state index contributed by atoms with van der Waals surface area (Å²) >= 11 is 1.41. The molecule has 2 heterocycles. The quantitative estimate of drug-likeness (QED) is 0.741. The number of hydrogen-bond donors (Lipinski definition) is 1. The minimum Gasteiger partial charge on any atom is -0.497 e. The van der Waals surface area contributed by atoms with Gasteiger partial charge in [0, 0.05) is 6.54 Å². The fraction of sp³-hybridized carbons (Fsp3) is 0.235. The largest absolute Gasteiger partial charge is 0.497 e. The molecule has 0 saturated carbocycles. The topological polar surface area (TPSA) is 73.2 Å². The first-order valence-corrected chi connectivity index (χ1v) is 8.37. The van der Waals surface area contributed by atoms with Crippen LogP contribution in [0, 0.1) is 0 Å². The predicted octanol–water partition coefficient (Wildman–Crippen LogP) is 1.83. The SMILES string of the molecule is COc1ccc(CCNC(=O)Cn2cnc3sccc3c2=O)cc1. The molecule has 0 atom stereocenters. The number of nitrogens with one attached hydrogen (secondary N) is 1. The number of aromatic nitrogens is 2. The van der Waals surface area contributed by atoms with Gasteiger partial charge in [0.1, 0.15) is 17.1 Å². The molecule has 0 radical (unpaired) electrons. The van der Waals surface area contributed by atoms with Gasteiger partial charge in [0.15, 0.2) is 0 Å². The van der Waals surface area contributed by atoms with Crippen LogP contribution in [-0.2, 0) is 17.8 Å². The molecular weight excluding hydrogens is 326 g/mol. The smallest absolute Gasteiger partial charge is 0.262 e. The second-order valence-corrected chi connectivity index (χ2v) is 6.16. The van der Waals surface area contributed by atoms with E-state index in [2.05, 4.69) is 10.3 Å². The van der Waals surface area contributed by atoms with Crippen LogP contribution in [-0.4, -0.2) is 29.1 Å². The summed E-state index contributed by atoms with van der Waals surface area (Å²) in [5, 5.41) is 5.19. The monoisotopic (exact) mass is 343 g/mol. The average molecular weight is 343 g/mol. The minimum absolute atomic E-state index is 0.0275. The Bertz CT molecular complexity index is 899. The Morgan fingerprint density at radius 1 is 1.29 bits per heavy atom. The van der Waals surface area contributed by atoms with Crippen molar-refractivity contribution in [2.45, 2.75) is 13.0 Å². The molecule has 6 nitrogen and oxygen atoms in total. The van der Waals surface area contributed by atoms with Crippen LogP contribution in [0.3, 0.4) is 0 Å². The van der Waals surface area contributed by atoms with Gasteiger partial charge in [-0.3, -0.25) is 14.2 Å². The summed E-state index contributed by atoms with van der Waals surface area (Å²) in [6.07, 6.45) is 2.14. The van der Waals surface area contributed by atoms with Crippen LogP contribution < -0.4 is 15.6 Å². The highest BCUT2D eigenvalue weighted by Gasteiger charge is 2.08. The van der Waals surface area contributed by atoms with Gasteiger partial charge in [-0.05, 0) is 35.6 Å². The third kappa shape index (κ3) is 3.62. The lowest BCUT2D eigenvalue weighted by Crippen LogP contribution is -2.33. The lowest BCUT2D eigenvalue weighted by molar-refractivity contribution is -0.121. The summed E-state index contributed by atoms with van der Waals surface area (Å²) in [6, 6.07) is 9.43. The van der Waals surface area contributed by atoms with E-state index < -0.39 is 0 Å². The summed E-state index contributed by atoms with van der Waals surface area (Å²) in [5.41, 5.74) is 0.918. The zero-order chi connectivity index (χ0) is 16.9. The molecule has 1 amide bonds. The molecule has 7 heteroatoms. The molecule has 2 aromatic heterocycles. The average Bonchev–Trinajstić information content (AvgIpc) is 3.07. The molecule has 1 N–H and O–H groups in total. The van der Waals surface area contributed by atoms with Gasteiger partial charge in [-0.15, -0.1) is 11.3 Å². The van der Waals surface area contributed by atoms with Crippen molar-refractivity contribution in [1.29, 1.82) is 0 Å². The van der Waals surface area contributed by atoms with Crippen LogP contribution in [0.2, 0.25) is 0 Å². The van der Waals surface area contributed by atoms with E-state index in [1.54, 1.807) is 13.2 Å². The van der Waals surface area contributed by atoms with Gasteiger partial charge < -0.3 is 10.1 Å². The zero-order valence-electron chi connectivity index (χ0n) is 13.2. The summed E-state index contributed by atoms with van der Waals surface area (Å²) in [5.74, 6) is 0.598. The number of fused-ring (bicyclic) bond motifs is 1. The van der Waals surface area contributed by atoms with Crippen LogP contribution in [0.1, 0.15) is 5.56 Å². The highest BCUT2D eigenvalue weighted by atomic mass is 32.1. The van der Waals surface area contributed by atoms with Crippen molar-refractivity contribution >= 4 is 27.5 Å². The van der Waals surface area contributed by atoms with Crippen LogP contribution in [0.25, 0.3) is 10.2 Å². The summed E-state index contributed by atoms with van der Waals surface area (Å²) < 4.78 is 6.44. The molecule has 0 aliphatic rings. The first-order valence-electron chi connectivity index (χ1n) is 7.49. The fourth-order valence-electron chi connectivity index (χ4n) is 2.36. The van der Waals surface area contributed by atoms with Crippen LogP contribution in [0.5, 0.6) is 5.75 Å². The lowest BCUT2D eigenvalue weighted by Gasteiger charge is -2.08. The number of carbonyl (C=O) groups excluding carboxylic acids is 1. The zero-order valence-corrected chi connectivity index (χ0v) is 14.0. The van der Waals surface area contributed by atoms with E-state index in [1.165, 1.54) is 22.2 Å². The fourth-order valence-corrected chi connectivity index (χ4v) is 3.08. The van der Waals surface area contributed by atoms with Gasteiger partial charge in [0.05, 0.1) is 18.8 Å². The number of amides is 1. The number of rotatable bonds is 6. The van der Waals surface area contributed by atoms with Gasteiger partial charge in [-0.25, -0.2) is 4.98 Å². The molecule has 3 aromatic rings. The molecule has 0 fully saturated rings. The molecule has 0 saturated heterocycles. The highest BCUT2D eigenvalue weighted by Crippen LogP contribution is 2.13. The van der Waals surface area contributed by atoms with E-state index >= 15 is 0 Å². The van der Waals surface area contributed by atoms with Crippen molar-refractivity contribution in [1.82, 2.24) is 14.9 Å². The van der Waals surface area contributed by atoms with Gasteiger partial charge >= 0.3 is 0 Å². The second-order valence-electron chi connectivity index (χ2n) is 5.27. The van der Waals surface area contributed by atoms with Crippen LogP contribution in [0.4, 0.5) is 0 Å². The molecule has 24 heavy (non-hydrogen) atoms. The maximum Gasteiger partial charge on any atom is 0.262 e. The Labute approximate surface area is 142 Å². The van der Waals surface area contributed by atoms with E-state index in [9.17, 15) is 9.59 Å². The third-order valence-corrected chi connectivity index (χ3v) is 4.48. The van der Waals surface area contributed by atoms with Crippen LogP contribution >= 0.6 is 11.3 Å². The molecule has 0 aliphatic carbocycles. The third-order valence-electron chi connectivity index (χ3n) is 3.66. The number of methoxy groups -OCH3 is 1. The summed E-state index contributed by atoms with van der Waals surface area (Å²) in [4.78, 5) is 29.1. The Kier molecular flexibility index (Phi) is 4.90.